The van der Waals surface area contributed by atoms with E-state index in [4.69, 9.17) is 4.74 Å². The van der Waals surface area contributed by atoms with Crippen LogP contribution in [0.25, 0.3) is 0 Å². The van der Waals surface area contributed by atoms with Gasteiger partial charge in [-0.25, -0.2) is 13.6 Å². The third-order valence-electron chi connectivity index (χ3n) is 6.15. The van der Waals surface area contributed by atoms with Crippen LogP contribution in [-0.4, -0.2) is 63.3 Å². The summed E-state index contributed by atoms with van der Waals surface area (Å²) in [5, 5.41) is 16.2. The number of nitrogens with zero attached hydrogens (tertiary/aromatic N) is 1. The van der Waals surface area contributed by atoms with E-state index in [0.29, 0.717) is 0 Å². The summed E-state index contributed by atoms with van der Waals surface area (Å²) in [7, 11) is 0. The van der Waals surface area contributed by atoms with Gasteiger partial charge in [0.05, 0.1) is 11.9 Å². The topological polar surface area (TPSA) is 108 Å². The minimum Gasteiger partial charge on any atom is -0.445 e. The molecular formula is C27H31F2N3O5S. The first kappa shape index (κ1) is 29.1. The van der Waals surface area contributed by atoms with Gasteiger partial charge in [-0.1, -0.05) is 49.1 Å². The Labute approximate surface area is 224 Å². The maximum atomic E-state index is 14.0. The zero-order valence-electron chi connectivity index (χ0n) is 21.2. The Morgan fingerprint density at radius 1 is 1.18 bits per heavy atom. The summed E-state index contributed by atoms with van der Waals surface area (Å²) in [6, 6.07) is 10.2. The van der Waals surface area contributed by atoms with Gasteiger partial charge in [-0.2, -0.15) is 0 Å². The van der Waals surface area contributed by atoms with Crippen LogP contribution in [0.3, 0.4) is 0 Å². The first-order valence-corrected chi connectivity index (χ1v) is 12.9. The van der Waals surface area contributed by atoms with E-state index in [0.717, 1.165) is 17.7 Å². The Bertz CT molecular complexity index is 1140. The molecule has 2 aromatic rings. The molecule has 0 saturated carbocycles. The summed E-state index contributed by atoms with van der Waals surface area (Å²) >= 11 is 1.32. The number of nitrogens with one attached hydrogen (secondary N) is 2. The van der Waals surface area contributed by atoms with Gasteiger partial charge in [-0.15, -0.1) is 11.8 Å². The Kier molecular flexibility index (Phi) is 9.87. The van der Waals surface area contributed by atoms with Crippen molar-refractivity contribution in [3.63, 3.8) is 0 Å². The van der Waals surface area contributed by atoms with Crippen molar-refractivity contribution >= 4 is 29.7 Å². The molecule has 0 radical (unpaired) electrons. The molecular weight excluding hydrogens is 516 g/mol. The number of ether oxygens (including phenoxy) is 1. The first-order valence-electron chi connectivity index (χ1n) is 12.0. The second kappa shape index (κ2) is 12.9. The fourth-order valence-corrected chi connectivity index (χ4v) is 5.31. The van der Waals surface area contributed by atoms with Crippen molar-refractivity contribution in [2.75, 3.05) is 12.5 Å². The van der Waals surface area contributed by atoms with Crippen molar-refractivity contribution in [2.45, 2.75) is 49.7 Å². The van der Waals surface area contributed by atoms with Gasteiger partial charge in [0.1, 0.15) is 24.3 Å². The van der Waals surface area contributed by atoms with E-state index in [-0.39, 0.29) is 24.5 Å². The molecule has 3 rings (SSSR count). The van der Waals surface area contributed by atoms with Crippen LogP contribution < -0.4 is 10.6 Å². The van der Waals surface area contributed by atoms with Crippen LogP contribution in [-0.2, 0) is 27.3 Å². The van der Waals surface area contributed by atoms with Gasteiger partial charge >= 0.3 is 6.09 Å². The van der Waals surface area contributed by atoms with E-state index in [1.165, 1.54) is 28.8 Å². The van der Waals surface area contributed by atoms with Gasteiger partial charge in [0.15, 0.2) is 6.10 Å². The van der Waals surface area contributed by atoms with Crippen LogP contribution in [0.15, 0.2) is 61.2 Å². The van der Waals surface area contributed by atoms with Gasteiger partial charge < -0.3 is 25.4 Å². The fourth-order valence-electron chi connectivity index (χ4n) is 4.17. The first-order chi connectivity index (χ1) is 18.0. The Balaban J connectivity index is 1.79. The number of carbonyl (C=O) groups is 3. The monoisotopic (exact) mass is 547 g/mol. The molecule has 3 atom stereocenters. The predicted octanol–water partition coefficient (Wildman–Crippen LogP) is 3.15. The lowest BCUT2D eigenvalue weighted by atomic mass is 9.97. The molecule has 0 aliphatic carbocycles. The molecule has 1 fully saturated rings. The highest BCUT2D eigenvalue weighted by Crippen LogP contribution is 2.40. The van der Waals surface area contributed by atoms with Gasteiger partial charge in [-0.05, 0) is 38.0 Å². The molecule has 1 aliphatic rings. The van der Waals surface area contributed by atoms with Crippen LogP contribution in [0, 0.1) is 11.6 Å². The lowest BCUT2D eigenvalue weighted by Gasteiger charge is -2.33. The SMILES string of the molecule is C=CCOC(=O)NC(Cc1ccccc1)C(O)C(=O)N1CSC(C)(C)C1C(=O)NCc1c(F)cccc1F. The maximum Gasteiger partial charge on any atom is 0.407 e. The number of hydrogen-bond acceptors (Lipinski definition) is 6. The number of hydrogen-bond donors (Lipinski definition) is 3. The average molecular weight is 548 g/mol. The zero-order chi connectivity index (χ0) is 27.9. The van der Waals surface area contributed by atoms with E-state index >= 15 is 0 Å². The van der Waals surface area contributed by atoms with Gasteiger partial charge in [0, 0.05) is 16.9 Å². The number of benzene rings is 2. The van der Waals surface area contributed by atoms with Crippen LogP contribution in [0.2, 0.25) is 0 Å². The summed E-state index contributed by atoms with van der Waals surface area (Å²) in [5.74, 6) is -2.90. The normalized spacial score (nSPS) is 17.8. The fraction of sp³-hybridized carbons (Fsp3) is 0.370. The third-order valence-corrected chi connectivity index (χ3v) is 7.52. The van der Waals surface area contributed by atoms with Gasteiger partial charge in [-0.3, -0.25) is 9.59 Å². The van der Waals surface area contributed by atoms with E-state index in [1.807, 2.05) is 6.07 Å². The second-order valence-electron chi connectivity index (χ2n) is 9.28. The maximum absolute atomic E-state index is 14.0. The molecule has 1 heterocycles. The van der Waals surface area contributed by atoms with Crippen LogP contribution >= 0.6 is 11.8 Å². The number of halogens is 2. The average Bonchev–Trinajstić information content (AvgIpc) is 3.21. The summed E-state index contributed by atoms with van der Waals surface area (Å²) in [4.78, 5) is 40.2. The smallest absolute Gasteiger partial charge is 0.407 e. The van der Waals surface area contributed by atoms with Crippen molar-refractivity contribution in [2.24, 2.45) is 0 Å². The van der Waals surface area contributed by atoms with Crippen LogP contribution in [0.5, 0.6) is 0 Å². The molecule has 204 valence electrons. The molecule has 0 bridgehead atoms. The van der Waals surface area contributed by atoms with Crippen molar-refractivity contribution in [1.82, 2.24) is 15.5 Å². The van der Waals surface area contributed by atoms with Crippen molar-refractivity contribution < 1.29 is 33.0 Å². The van der Waals surface area contributed by atoms with Crippen molar-refractivity contribution in [3.05, 3.63) is 83.9 Å². The minimum absolute atomic E-state index is 0.0598. The highest BCUT2D eigenvalue weighted by molar-refractivity contribution is 8.00. The lowest BCUT2D eigenvalue weighted by molar-refractivity contribution is -0.147. The molecule has 3 unspecified atom stereocenters. The summed E-state index contributed by atoms with van der Waals surface area (Å²) < 4.78 is 32.3. The largest absolute Gasteiger partial charge is 0.445 e. The second-order valence-corrected chi connectivity index (χ2v) is 10.9. The number of carbonyl (C=O) groups excluding carboxylic acids is 3. The summed E-state index contributed by atoms with van der Waals surface area (Å²) in [5.41, 5.74) is 0.457. The van der Waals surface area contributed by atoms with Crippen molar-refractivity contribution in [1.29, 1.82) is 0 Å². The predicted molar refractivity (Wildman–Crippen MR) is 140 cm³/mol. The molecule has 3 amide bonds. The number of amides is 3. The molecule has 8 nitrogen and oxygen atoms in total. The molecule has 38 heavy (non-hydrogen) atoms. The molecule has 2 aromatic carbocycles. The number of thioether (sulfide) groups is 1. The van der Waals surface area contributed by atoms with Crippen molar-refractivity contribution in [3.8, 4) is 0 Å². The highest BCUT2D eigenvalue weighted by Gasteiger charge is 2.49. The standard InChI is InChI=1S/C27H31F2N3O5S/c1-4-13-37-26(36)31-21(14-17-9-6-5-7-10-17)22(33)25(35)32-16-38-27(2,3)23(32)24(34)30-15-18-19(28)11-8-12-20(18)29/h4-12,21-23,33H,1,13-16H2,2-3H3,(H,30,34)(H,31,36). The highest BCUT2D eigenvalue weighted by atomic mass is 32.2. The third kappa shape index (κ3) is 7.11. The van der Waals surface area contributed by atoms with Gasteiger partial charge in [0.2, 0.25) is 5.91 Å². The van der Waals surface area contributed by atoms with E-state index in [1.54, 1.807) is 38.1 Å². The number of aliphatic hydroxyl groups is 1. The molecule has 1 saturated heterocycles. The number of alkyl carbamates (subject to hydrolysis) is 1. The lowest BCUT2D eigenvalue weighted by Crippen LogP contribution is -2.58. The Hall–Kier alpha value is -3.44. The van der Waals surface area contributed by atoms with E-state index in [9.17, 15) is 28.3 Å². The molecule has 11 heteroatoms. The Morgan fingerprint density at radius 3 is 2.47 bits per heavy atom. The van der Waals surface area contributed by atoms with Crippen LogP contribution in [0.4, 0.5) is 13.6 Å². The molecule has 0 aromatic heterocycles. The molecule has 3 N–H and O–H groups in total. The van der Waals surface area contributed by atoms with E-state index in [2.05, 4.69) is 17.2 Å². The van der Waals surface area contributed by atoms with Gasteiger partial charge in [0.25, 0.3) is 5.91 Å². The summed E-state index contributed by atoms with van der Waals surface area (Å²) in [6.45, 7) is 6.53. The number of rotatable bonds is 10. The Morgan fingerprint density at radius 2 is 1.84 bits per heavy atom. The molecule has 0 spiro atoms. The minimum atomic E-state index is -1.71. The zero-order valence-corrected chi connectivity index (χ0v) is 22.0. The number of aliphatic hydroxyl groups excluding tert-OH is 1. The van der Waals surface area contributed by atoms with Crippen LogP contribution in [0.1, 0.15) is 25.0 Å². The van der Waals surface area contributed by atoms with E-state index < -0.39 is 59.0 Å². The molecule has 1 aliphatic heterocycles. The summed E-state index contributed by atoms with van der Waals surface area (Å²) in [6.07, 6.45) is -1.05. The quantitative estimate of drug-likeness (QED) is 0.395.